The van der Waals surface area contributed by atoms with Gasteiger partial charge in [-0.05, 0) is 55.0 Å². The van der Waals surface area contributed by atoms with Gasteiger partial charge in [0.25, 0.3) is 11.8 Å². The maximum absolute atomic E-state index is 12.3. The summed E-state index contributed by atoms with van der Waals surface area (Å²) in [6, 6.07) is 9.56. The first-order valence-corrected chi connectivity index (χ1v) is 10.3. The van der Waals surface area contributed by atoms with Gasteiger partial charge in [0, 0.05) is 24.3 Å². The number of nitrogen functional groups attached to an aromatic ring is 1. The lowest BCUT2D eigenvalue weighted by Crippen LogP contribution is -2.46. The van der Waals surface area contributed by atoms with Crippen LogP contribution in [0.5, 0.6) is 0 Å². The first kappa shape index (κ1) is 22.2. The van der Waals surface area contributed by atoms with E-state index in [1.54, 1.807) is 42.5 Å². The first-order chi connectivity index (χ1) is 14.0. The van der Waals surface area contributed by atoms with E-state index in [0.29, 0.717) is 48.5 Å². The number of nitrogens with one attached hydrogen (secondary N) is 3. The molecule has 0 spiro atoms. The number of carbonyl (C=O) groups is 3. The van der Waals surface area contributed by atoms with Crippen LogP contribution in [-0.4, -0.2) is 36.9 Å². The molecule has 0 saturated carbocycles. The number of unbranched alkanes of at least 4 members (excludes halogenated alkanes) is 1. The molecule has 0 fully saturated rings. The van der Waals surface area contributed by atoms with Crippen LogP contribution >= 0.6 is 11.3 Å². The van der Waals surface area contributed by atoms with E-state index in [0.717, 1.165) is 0 Å². The molecule has 154 valence electrons. The molecule has 7 nitrogen and oxygen atoms in total. The fourth-order valence-electron chi connectivity index (χ4n) is 2.61. The number of hydrogen-bond acceptors (Lipinski definition) is 5. The molecule has 2 rings (SSSR count). The summed E-state index contributed by atoms with van der Waals surface area (Å²) >= 11 is 1.32. The number of nitrogens with two attached hydrogens (primary N) is 1. The predicted octanol–water partition coefficient (Wildman–Crippen LogP) is 2.33. The van der Waals surface area contributed by atoms with Crippen molar-refractivity contribution in [1.82, 2.24) is 16.0 Å². The molecule has 5 N–H and O–H groups in total. The molecule has 1 aromatic carbocycles. The predicted molar refractivity (Wildman–Crippen MR) is 116 cm³/mol. The van der Waals surface area contributed by atoms with Crippen LogP contribution in [0.3, 0.4) is 0 Å². The summed E-state index contributed by atoms with van der Waals surface area (Å²) < 4.78 is 0. The molecule has 0 aliphatic heterocycles. The number of rotatable bonds is 11. The molecule has 0 saturated heterocycles. The SMILES string of the molecule is C=CCNC(=O)C(CCCCNC(=O)c1ccc(N)cc1)NC(=O)c1cccs1. The van der Waals surface area contributed by atoms with Crippen LogP contribution in [0.15, 0.2) is 54.4 Å². The fraction of sp³-hybridized carbons (Fsp3) is 0.286. The lowest BCUT2D eigenvalue weighted by molar-refractivity contribution is -0.122. The zero-order valence-electron chi connectivity index (χ0n) is 16.1. The van der Waals surface area contributed by atoms with Crippen molar-refractivity contribution in [3.8, 4) is 0 Å². The highest BCUT2D eigenvalue weighted by Crippen LogP contribution is 2.10. The minimum atomic E-state index is -0.641. The Kier molecular flexibility index (Phi) is 8.91. The Labute approximate surface area is 174 Å². The average Bonchev–Trinajstić information content (AvgIpc) is 3.26. The minimum Gasteiger partial charge on any atom is -0.399 e. The van der Waals surface area contributed by atoms with Gasteiger partial charge in [0.1, 0.15) is 6.04 Å². The van der Waals surface area contributed by atoms with Crippen molar-refractivity contribution >= 4 is 34.7 Å². The van der Waals surface area contributed by atoms with Crippen molar-refractivity contribution in [1.29, 1.82) is 0 Å². The van der Waals surface area contributed by atoms with Gasteiger partial charge in [0.05, 0.1) is 4.88 Å². The zero-order chi connectivity index (χ0) is 21.1. The fourth-order valence-corrected chi connectivity index (χ4v) is 3.24. The Balaban J connectivity index is 1.79. The summed E-state index contributed by atoms with van der Waals surface area (Å²) in [6.07, 6.45) is 3.40. The molecule has 1 aromatic heterocycles. The third-order valence-electron chi connectivity index (χ3n) is 4.17. The highest BCUT2D eigenvalue weighted by atomic mass is 32.1. The van der Waals surface area contributed by atoms with Gasteiger partial charge >= 0.3 is 0 Å². The Hall–Kier alpha value is -3.13. The van der Waals surface area contributed by atoms with Gasteiger partial charge in [-0.1, -0.05) is 12.1 Å². The third kappa shape index (κ3) is 7.42. The quantitative estimate of drug-likeness (QED) is 0.257. The van der Waals surface area contributed by atoms with E-state index >= 15 is 0 Å². The second kappa shape index (κ2) is 11.7. The zero-order valence-corrected chi connectivity index (χ0v) is 17.0. The third-order valence-corrected chi connectivity index (χ3v) is 5.03. The molecule has 0 radical (unpaired) electrons. The van der Waals surface area contributed by atoms with E-state index in [-0.39, 0.29) is 17.7 Å². The summed E-state index contributed by atoms with van der Waals surface area (Å²) in [7, 11) is 0. The molecule has 3 amide bonds. The molecule has 2 aromatic rings. The van der Waals surface area contributed by atoms with E-state index in [1.165, 1.54) is 11.3 Å². The van der Waals surface area contributed by atoms with Crippen LogP contribution in [0.1, 0.15) is 39.3 Å². The summed E-state index contributed by atoms with van der Waals surface area (Å²) in [6.45, 7) is 4.39. The molecule has 0 aliphatic carbocycles. The molecule has 1 atom stereocenters. The summed E-state index contributed by atoms with van der Waals surface area (Å²) in [5.41, 5.74) is 6.76. The number of carbonyl (C=O) groups excluding carboxylic acids is 3. The van der Waals surface area contributed by atoms with Crippen molar-refractivity contribution in [2.45, 2.75) is 25.3 Å². The van der Waals surface area contributed by atoms with Crippen LogP contribution in [-0.2, 0) is 4.79 Å². The van der Waals surface area contributed by atoms with Gasteiger partial charge in [-0.3, -0.25) is 14.4 Å². The number of anilines is 1. The van der Waals surface area contributed by atoms with Gasteiger partial charge in [-0.15, -0.1) is 17.9 Å². The monoisotopic (exact) mass is 414 g/mol. The molecule has 0 bridgehead atoms. The van der Waals surface area contributed by atoms with E-state index in [2.05, 4.69) is 22.5 Å². The first-order valence-electron chi connectivity index (χ1n) is 9.38. The van der Waals surface area contributed by atoms with Crippen molar-refractivity contribution in [3.05, 3.63) is 64.9 Å². The lowest BCUT2D eigenvalue weighted by Gasteiger charge is -2.18. The topological polar surface area (TPSA) is 113 Å². The Morgan fingerprint density at radius 2 is 1.83 bits per heavy atom. The maximum atomic E-state index is 12.3. The van der Waals surface area contributed by atoms with Gasteiger partial charge in [0.15, 0.2) is 0 Å². The molecular formula is C21H26N4O3S. The van der Waals surface area contributed by atoms with Crippen molar-refractivity contribution in [2.24, 2.45) is 0 Å². The van der Waals surface area contributed by atoms with Gasteiger partial charge < -0.3 is 21.7 Å². The molecule has 1 unspecified atom stereocenters. The standard InChI is InChI=1S/C21H26N4O3S/c1-2-12-23-20(27)17(25-21(28)18-7-5-14-29-18)6-3-4-13-24-19(26)15-8-10-16(22)11-9-15/h2,5,7-11,14,17H,1,3-4,6,12-13,22H2,(H,23,27)(H,24,26)(H,25,28). The van der Waals surface area contributed by atoms with Gasteiger partial charge in [0.2, 0.25) is 5.91 Å². The highest BCUT2D eigenvalue weighted by Gasteiger charge is 2.21. The van der Waals surface area contributed by atoms with E-state index in [1.807, 2.05) is 5.38 Å². The number of hydrogen-bond donors (Lipinski definition) is 4. The van der Waals surface area contributed by atoms with Gasteiger partial charge in [-0.25, -0.2) is 0 Å². The Bertz CT molecular complexity index is 819. The Morgan fingerprint density at radius 3 is 2.48 bits per heavy atom. The average molecular weight is 415 g/mol. The van der Waals surface area contributed by atoms with Crippen molar-refractivity contribution in [2.75, 3.05) is 18.8 Å². The molecule has 8 heteroatoms. The van der Waals surface area contributed by atoms with Crippen LogP contribution in [0.25, 0.3) is 0 Å². The number of amides is 3. The molecular weight excluding hydrogens is 388 g/mol. The van der Waals surface area contributed by atoms with E-state index in [9.17, 15) is 14.4 Å². The normalized spacial score (nSPS) is 11.3. The Morgan fingerprint density at radius 1 is 1.07 bits per heavy atom. The molecule has 29 heavy (non-hydrogen) atoms. The van der Waals surface area contributed by atoms with E-state index in [4.69, 9.17) is 5.73 Å². The lowest BCUT2D eigenvalue weighted by atomic mass is 10.1. The summed E-state index contributed by atoms with van der Waals surface area (Å²) in [4.78, 5) is 37.3. The summed E-state index contributed by atoms with van der Waals surface area (Å²) in [5, 5.41) is 10.2. The number of thiophene rings is 1. The van der Waals surface area contributed by atoms with Crippen molar-refractivity contribution < 1.29 is 14.4 Å². The van der Waals surface area contributed by atoms with E-state index < -0.39 is 6.04 Å². The second-order valence-corrected chi connectivity index (χ2v) is 7.36. The van der Waals surface area contributed by atoms with Crippen molar-refractivity contribution in [3.63, 3.8) is 0 Å². The molecule has 0 aliphatic rings. The van der Waals surface area contributed by atoms with Crippen LogP contribution in [0, 0.1) is 0 Å². The van der Waals surface area contributed by atoms with Gasteiger partial charge in [-0.2, -0.15) is 0 Å². The summed E-state index contributed by atoms with van der Waals surface area (Å²) in [5.74, 6) is -0.688. The van der Waals surface area contributed by atoms with Crippen LogP contribution in [0.2, 0.25) is 0 Å². The second-order valence-electron chi connectivity index (χ2n) is 6.41. The smallest absolute Gasteiger partial charge is 0.261 e. The molecule has 1 heterocycles. The van der Waals surface area contributed by atoms with Crippen LogP contribution < -0.4 is 21.7 Å². The largest absolute Gasteiger partial charge is 0.399 e. The maximum Gasteiger partial charge on any atom is 0.261 e. The number of benzene rings is 1. The minimum absolute atomic E-state index is 0.170. The van der Waals surface area contributed by atoms with Crippen LogP contribution in [0.4, 0.5) is 5.69 Å². The highest BCUT2D eigenvalue weighted by molar-refractivity contribution is 7.12.